The average Bonchev–Trinajstić information content (AvgIpc) is 2.82. The Balaban J connectivity index is 2.06. The molecule has 0 spiro atoms. The molecule has 22 heavy (non-hydrogen) atoms. The van der Waals surface area contributed by atoms with Gasteiger partial charge in [0.15, 0.2) is 12.4 Å². The standard InChI is InChI=1S/C15H17ClN2O4/c1-10-5-13(22-17-10)8-18(2)7-11-6-12(16)3-4-14(11)21-9-15(19)20/h3-6H,7-9H2,1-2H3,(H,19,20). The van der Waals surface area contributed by atoms with Gasteiger partial charge in [0.2, 0.25) is 0 Å². The quantitative estimate of drug-likeness (QED) is 0.844. The van der Waals surface area contributed by atoms with E-state index in [0.717, 1.165) is 17.0 Å². The molecule has 6 nitrogen and oxygen atoms in total. The first-order chi connectivity index (χ1) is 10.4. The minimum atomic E-state index is -1.02. The minimum Gasteiger partial charge on any atom is -0.482 e. The summed E-state index contributed by atoms with van der Waals surface area (Å²) < 4.78 is 10.5. The molecule has 0 unspecified atom stereocenters. The van der Waals surface area contributed by atoms with Crippen LogP contribution < -0.4 is 4.74 Å². The summed E-state index contributed by atoms with van der Waals surface area (Å²) in [6.45, 7) is 2.59. The molecular formula is C15H17ClN2O4. The van der Waals surface area contributed by atoms with Gasteiger partial charge in [0, 0.05) is 23.2 Å². The molecule has 1 aromatic carbocycles. The lowest BCUT2D eigenvalue weighted by Gasteiger charge is -2.17. The normalized spacial score (nSPS) is 10.9. The maximum atomic E-state index is 10.6. The van der Waals surface area contributed by atoms with Crippen molar-refractivity contribution in [1.29, 1.82) is 0 Å². The van der Waals surface area contributed by atoms with Crippen LogP contribution in [0.4, 0.5) is 0 Å². The predicted molar refractivity (Wildman–Crippen MR) is 81.0 cm³/mol. The second kappa shape index (κ2) is 7.29. The van der Waals surface area contributed by atoms with Crippen LogP contribution in [0.1, 0.15) is 17.0 Å². The third kappa shape index (κ3) is 4.75. The van der Waals surface area contributed by atoms with Crippen molar-refractivity contribution >= 4 is 17.6 Å². The lowest BCUT2D eigenvalue weighted by atomic mass is 10.2. The number of carboxylic acid groups (broad SMARTS) is 1. The zero-order chi connectivity index (χ0) is 16.1. The fraction of sp³-hybridized carbons (Fsp3) is 0.333. The summed E-state index contributed by atoms with van der Waals surface area (Å²) in [6, 6.07) is 6.98. The Bertz CT molecular complexity index is 657. The molecule has 0 fully saturated rings. The topological polar surface area (TPSA) is 75.8 Å². The molecular weight excluding hydrogens is 308 g/mol. The van der Waals surface area contributed by atoms with Crippen LogP contribution in [0.3, 0.4) is 0 Å². The third-order valence-corrected chi connectivity index (χ3v) is 3.15. The van der Waals surface area contributed by atoms with E-state index in [1.807, 2.05) is 24.9 Å². The number of aromatic nitrogens is 1. The van der Waals surface area contributed by atoms with Gasteiger partial charge in [-0.2, -0.15) is 0 Å². The number of halogens is 1. The van der Waals surface area contributed by atoms with Crippen molar-refractivity contribution in [3.63, 3.8) is 0 Å². The Morgan fingerprint density at radius 3 is 2.82 bits per heavy atom. The fourth-order valence-electron chi connectivity index (χ4n) is 2.06. The van der Waals surface area contributed by atoms with Crippen LogP contribution in [0.25, 0.3) is 0 Å². The lowest BCUT2D eigenvalue weighted by Crippen LogP contribution is -2.18. The van der Waals surface area contributed by atoms with Gasteiger partial charge in [0.25, 0.3) is 0 Å². The van der Waals surface area contributed by atoms with Gasteiger partial charge in [-0.15, -0.1) is 0 Å². The Labute approximate surface area is 133 Å². The summed E-state index contributed by atoms with van der Waals surface area (Å²) in [5.74, 6) is 0.244. The van der Waals surface area contributed by atoms with Crippen LogP contribution in [-0.4, -0.2) is 34.8 Å². The molecule has 1 aromatic heterocycles. The molecule has 118 valence electrons. The van der Waals surface area contributed by atoms with Crippen LogP contribution in [0, 0.1) is 6.92 Å². The molecule has 2 aromatic rings. The van der Waals surface area contributed by atoms with E-state index < -0.39 is 5.97 Å². The number of carbonyl (C=O) groups is 1. The first kappa shape index (κ1) is 16.3. The van der Waals surface area contributed by atoms with Gasteiger partial charge in [-0.05, 0) is 32.2 Å². The van der Waals surface area contributed by atoms with E-state index in [9.17, 15) is 4.79 Å². The van der Waals surface area contributed by atoms with Crippen LogP contribution in [0.15, 0.2) is 28.8 Å². The molecule has 0 aliphatic rings. The van der Waals surface area contributed by atoms with Gasteiger partial charge >= 0.3 is 5.97 Å². The molecule has 7 heteroatoms. The number of aryl methyl sites for hydroxylation is 1. The fourth-order valence-corrected chi connectivity index (χ4v) is 2.25. The average molecular weight is 325 g/mol. The molecule has 0 saturated carbocycles. The Kier molecular flexibility index (Phi) is 5.41. The molecule has 1 heterocycles. The Hall–Kier alpha value is -2.05. The Morgan fingerprint density at radius 1 is 1.41 bits per heavy atom. The number of nitrogens with zero attached hydrogens (tertiary/aromatic N) is 2. The number of rotatable bonds is 7. The smallest absolute Gasteiger partial charge is 0.341 e. The van der Waals surface area contributed by atoms with Crippen LogP contribution >= 0.6 is 11.6 Å². The number of aliphatic carboxylic acids is 1. The lowest BCUT2D eigenvalue weighted by molar-refractivity contribution is -0.139. The molecule has 0 aliphatic carbocycles. The molecule has 0 atom stereocenters. The van der Waals surface area contributed by atoms with Crippen molar-refractivity contribution in [2.75, 3.05) is 13.7 Å². The van der Waals surface area contributed by atoms with Crippen LogP contribution in [-0.2, 0) is 17.9 Å². The maximum absolute atomic E-state index is 10.6. The molecule has 0 amide bonds. The third-order valence-electron chi connectivity index (χ3n) is 2.92. The zero-order valence-corrected chi connectivity index (χ0v) is 13.1. The Morgan fingerprint density at radius 2 is 2.18 bits per heavy atom. The summed E-state index contributed by atoms with van der Waals surface area (Å²) in [6.07, 6.45) is 0. The van der Waals surface area contributed by atoms with E-state index in [1.165, 1.54) is 0 Å². The van der Waals surface area contributed by atoms with Gasteiger partial charge in [-0.25, -0.2) is 4.79 Å². The van der Waals surface area contributed by atoms with Crippen molar-refractivity contribution in [3.05, 3.63) is 46.3 Å². The van der Waals surface area contributed by atoms with E-state index >= 15 is 0 Å². The molecule has 2 rings (SSSR count). The monoisotopic (exact) mass is 324 g/mol. The van der Waals surface area contributed by atoms with Crippen molar-refractivity contribution < 1.29 is 19.2 Å². The van der Waals surface area contributed by atoms with Gasteiger partial charge < -0.3 is 14.4 Å². The van der Waals surface area contributed by atoms with Crippen molar-refractivity contribution in [2.24, 2.45) is 0 Å². The van der Waals surface area contributed by atoms with Crippen LogP contribution in [0.5, 0.6) is 5.75 Å². The highest BCUT2D eigenvalue weighted by molar-refractivity contribution is 6.30. The first-order valence-electron chi connectivity index (χ1n) is 6.68. The van der Waals surface area contributed by atoms with Gasteiger partial charge in [-0.1, -0.05) is 16.8 Å². The molecule has 0 bridgehead atoms. The zero-order valence-electron chi connectivity index (χ0n) is 12.4. The van der Waals surface area contributed by atoms with Gasteiger partial charge in [-0.3, -0.25) is 4.90 Å². The van der Waals surface area contributed by atoms with E-state index in [4.69, 9.17) is 26.0 Å². The number of carboxylic acids is 1. The molecule has 1 N–H and O–H groups in total. The highest BCUT2D eigenvalue weighted by Gasteiger charge is 2.11. The SMILES string of the molecule is Cc1cc(CN(C)Cc2cc(Cl)ccc2OCC(=O)O)on1. The second-order valence-electron chi connectivity index (χ2n) is 5.04. The van der Waals surface area contributed by atoms with Crippen molar-refractivity contribution in [2.45, 2.75) is 20.0 Å². The minimum absolute atomic E-state index is 0.389. The van der Waals surface area contributed by atoms with Gasteiger partial charge in [0.1, 0.15) is 5.75 Å². The summed E-state index contributed by atoms with van der Waals surface area (Å²) in [5, 5.41) is 13.1. The molecule has 0 radical (unpaired) electrons. The molecule has 0 saturated heterocycles. The predicted octanol–water partition coefficient (Wildman–Crippen LogP) is 2.73. The number of hydrogen-bond acceptors (Lipinski definition) is 5. The van der Waals surface area contributed by atoms with Crippen molar-refractivity contribution in [1.82, 2.24) is 10.1 Å². The van der Waals surface area contributed by atoms with Crippen molar-refractivity contribution in [3.8, 4) is 5.75 Å². The summed E-state index contributed by atoms with van der Waals surface area (Å²) in [7, 11) is 1.92. The van der Waals surface area contributed by atoms with Crippen LogP contribution in [0.2, 0.25) is 5.02 Å². The summed E-state index contributed by atoms with van der Waals surface area (Å²) >= 11 is 6.01. The number of ether oxygens (including phenoxy) is 1. The molecule has 0 aliphatic heterocycles. The van der Waals surface area contributed by atoms with Gasteiger partial charge in [0.05, 0.1) is 12.2 Å². The highest BCUT2D eigenvalue weighted by Crippen LogP contribution is 2.24. The maximum Gasteiger partial charge on any atom is 0.341 e. The summed E-state index contributed by atoms with van der Waals surface area (Å²) in [5.41, 5.74) is 1.64. The van der Waals surface area contributed by atoms with E-state index in [-0.39, 0.29) is 6.61 Å². The first-order valence-corrected chi connectivity index (χ1v) is 7.05. The summed E-state index contributed by atoms with van der Waals surface area (Å²) in [4.78, 5) is 12.6. The highest BCUT2D eigenvalue weighted by atomic mass is 35.5. The van der Waals surface area contributed by atoms with E-state index in [2.05, 4.69) is 5.16 Å². The largest absolute Gasteiger partial charge is 0.482 e. The number of hydrogen-bond donors (Lipinski definition) is 1. The van der Waals surface area contributed by atoms with E-state index in [1.54, 1.807) is 18.2 Å². The second-order valence-corrected chi connectivity index (χ2v) is 5.48. The number of benzene rings is 1. The van der Waals surface area contributed by atoms with E-state index in [0.29, 0.717) is 23.9 Å².